The number of carbonyl (C=O) groups excluding carboxylic acids is 1. The van der Waals surface area contributed by atoms with Crippen molar-refractivity contribution >= 4 is 34.2 Å². The predicted molar refractivity (Wildman–Crippen MR) is 81.8 cm³/mol. The van der Waals surface area contributed by atoms with E-state index >= 15 is 0 Å². The zero-order valence-corrected chi connectivity index (χ0v) is 12.8. The van der Waals surface area contributed by atoms with Gasteiger partial charge in [-0.05, 0) is 31.5 Å². The lowest BCUT2D eigenvalue weighted by Crippen LogP contribution is -2.16. The Hall–Kier alpha value is -1.81. The fraction of sp³-hybridized carbons (Fsp3) is 0.333. The van der Waals surface area contributed by atoms with Gasteiger partial charge >= 0.3 is 5.97 Å². The third-order valence-corrected chi connectivity index (χ3v) is 3.55. The Labute approximate surface area is 123 Å². The number of aryl methyl sites for hydroxylation is 1. The zero-order chi connectivity index (χ0) is 14.9. The van der Waals surface area contributed by atoms with E-state index < -0.39 is 0 Å². The van der Waals surface area contributed by atoms with Gasteiger partial charge in [-0.25, -0.2) is 4.79 Å². The minimum Gasteiger partial charge on any atom is -0.462 e. The predicted octanol–water partition coefficient (Wildman–Crippen LogP) is 3.44. The van der Waals surface area contributed by atoms with E-state index in [-0.39, 0.29) is 5.97 Å². The fourth-order valence-corrected chi connectivity index (χ4v) is 2.36. The highest BCUT2D eigenvalue weighted by Crippen LogP contribution is 2.33. The van der Waals surface area contributed by atoms with Gasteiger partial charge < -0.3 is 9.64 Å². The Morgan fingerprint density at radius 3 is 2.70 bits per heavy atom. The number of fused-ring (bicyclic) bond motifs is 1. The van der Waals surface area contributed by atoms with Gasteiger partial charge in [0.25, 0.3) is 0 Å². The van der Waals surface area contributed by atoms with Crippen molar-refractivity contribution in [2.24, 2.45) is 0 Å². The second-order valence-corrected chi connectivity index (χ2v) is 5.11. The molecule has 0 unspecified atom stereocenters. The maximum absolute atomic E-state index is 12.1. The number of benzene rings is 1. The van der Waals surface area contributed by atoms with E-state index in [1.165, 1.54) is 0 Å². The molecule has 0 fully saturated rings. The molecular weight excluding hydrogens is 276 g/mol. The van der Waals surface area contributed by atoms with E-state index in [0.29, 0.717) is 17.2 Å². The number of nitrogens with zero attached hydrogens (tertiary/aromatic N) is 2. The Bertz CT molecular complexity index is 668. The van der Waals surface area contributed by atoms with E-state index in [1.54, 1.807) is 13.1 Å². The first-order valence-electron chi connectivity index (χ1n) is 6.39. The summed E-state index contributed by atoms with van der Waals surface area (Å²) in [5, 5.41) is 1.56. The third kappa shape index (κ3) is 2.43. The van der Waals surface area contributed by atoms with Gasteiger partial charge in [-0.2, -0.15) is 0 Å². The lowest BCUT2D eigenvalue weighted by atomic mass is 10.1. The monoisotopic (exact) mass is 292 g/mol. The van der Waals surface area contributed by atoms with Gasteiger partial charge in [-0.3, -0.25) is 4.98 Å². The van der Waals surface area contributed by atoms with E-state index in [1.807, 2.05) is 38.1 Å². The highest BCUT2D eigenvalue weighted by atomic mass is 35.5. The molecule has 4 nitrogen and oxygen atoms in total. The van der Waals surface area contributed by atoms with Crippen molar-refractivity contribution in [2.75, 3.05) is 25.6 Å². The minimum atomic E-state index is -0.363. The SMILES string of the molecule is CCOC(=O)c1cnc2c(C)c(Cl)ccc2c1N(C)C. The van der Waals surface area contributed by atoms with Crippen molar-refractivity contribution in [3.05, 3.63) is 34.5 Å². The maximum atomic E-state index is 12.1. The second-order valence-electron chi connectivity index (χ2n) is 4.70. The summed E-state index contributed by atoms with van der Waals surface area (Å²) in [6.07, 6.45) is 1.55. The van der Waals surface area contributed by atoms with Gasteiger partial charge in [-0.1, -0.05) is 11.6 Å². The molecule has 0 aliphatic carbocycles. The number of aromatic nitrogens is 1. The molecule has 0 radical (unpaired) electrons. The molecular formula is C15H17ClN2O2. The summed E-state index contributed by atoms with van der Waals surface area (Å²) in [6.45, 7) is 4.04. The molecule has 0 bridgehead atoms. The second kappa shape index (κ2) is 5.67. The first-order chi connectivity index (χ1) is 9.47. The fourth-order valence-electron chi connectivity index (χ4n) is 2.21. The standard InChI is InChI=1S/C15H17ClN2O2/c1-5-20-15(19)11-8-17-13-9(2)12(16)7-6-10(13)14(11)18(3)4/h6-8H,5H2,1-4H3. The van der Waals surface area contributed by atoms with Gasteiger partial charge in [0, 0.05) is 30.7 Å². The van der Waals surface area contributed by atoms with Crippen molar-refractivity contribution < 1.29 is 9.53 Å². The van der Waals surface area contributed by atoms with Gasteiger partial charge in [-0.15, -0.1) is 0 Å². The van der Waals surface area contributed by atoms with E-state index in [9.17, 15) is 4.79 Å². The van der Waals surface area contributed by atoms with E-state index in [2.05, 4.69) is 4.98 Å². The number of esters is 1. The molecule has 20 heavy (non-hydrogen) atoms. The van der Waals surface area contributed by atoms with Crippen LogP contribution in [0.4, 0.5) is 5.69 Å². The summed E-state index contributed by atoms with van der Waals surface area (Å²) in [4.78, 5) is 18.3. The summed E-state index contributed by atoms with van der Waals surface area (Å²) in [5.74, 6) is -0.363. The summed E-state index contributed by atoms with van der Waals surface area (Å²) in [5.41, 5.74) is 2.97. The number of anilines is 1. The van der Waals surface area contributed by atoms with Gasteiger partial charge in [0.2, 0.25) is 0 Å². The molecule has 1 aromatic carbocycles. The van der Waals surface area contributed by atoms with Crippen molar-refractivity contribution in [1.82, 2.24) is 4.98 Å². The molecule has 106 valence electrons. The van der Waals surface area contributed by atoms with Gasteiger partial charge in [0.1, 0.15) is 5.56 Å². The summed E-state index contributed by atoms with van der Waals surface area (Å²) < 4.78 is 5.09. The van der Waals surface area contributed by atoms with Crippen LogP contribution in [-0.2, 0) is 4.74 Å². The van der Waals surface area contributed by atoms with Crippen LogP contribution in [0.1, 0.15) is 22.8 Å². The molecule has 0 aliphatic rings. The summed E-state index contributed by atoms with van der Waals surface area (Å²) in [7, 11) is 3.78. The molecule has 0 atom stereocenters. The molecule has 0 saturated heterocycles. The molecule has 2 aromatic rings. The van der Waals surface area contributed by atoms with Gasteiger partial charge in [0.05, 0.1) is 17.8 Å². The Balaban J connectivity index is 2.76. The zero-order valence-electron chi connectivity index (χ0n) is 12.0. The molecule has 1 heterocycles. The number of pyridine rings is 1. The van der Waals surface area contributed by atoms with Crippen LogP contribution < -0.4 is 4.90 Å². The topological polar surface area (TPSA) is 42.4 Å². The lowest BCUT2D eigenvalue weighted by molar-refractivity contribution is 0.0527. The Kier molecular flexibility index (Phi) is 4.14. The average Bonchev–Trinajstić information content (AvgIpc) is 2.41. The molecule has 0 aliphatic heterocycles. The normalized spacial score (nSPS) is 10.7. The molecule has 5 heteroatoms. The molecule has 0 saturated carbocycles. The summed E-state index contributed by atoms with van der Waals surface area (Å²) in [6, 6.07) is 3.71. The highest BCUT2D eigenvalue weighted by Gasteiger charge is 2.19. The van der Waals surface area contributed by atoms with Crippen LogP contribution in [0.25, 0.3) is 10.9 Å². The number of ether oxygens (including phenoxy) is 1. The molecule has 0 amide bonds. The van der Waals surface area contributed by atoms with Crippen molar-refractivity contribution in [3.8, 4) is 0 Å². The van der Waals surface area contributed by atoms with Crippen LogP contribution in [-0.4, -0.2) is 31.7 Å². The van der Waals surface area contributed by atoms with Crippen LogP contribution >= 0.6 is 11.6 Å². The quantitative estimate of drug-likeness (QED) is 0.813. The first kappa shape index (κ1) is 14.6. The van der Waals surface area contributed by atoms with Crippen LogP contribution in [0.3, 0.4) is 0 Å². The Morgan fingerprint density at radius 2 is 2.10 bits per heavy atom. The number of carbonyl (C=O) groups is 1. The number of hydrogen-bond acceptors (Lipinski definition) is 4. The van der Waals surface area contributed by atoms with Crippen LogP contribution in [0, 0.1) is 6.92 Å². The van der Waals surface area contributed by atoms with Crippen molar-refractivity contribution in [1.29, 1.82) is 0 Å². The molecule has 1 aromatic heterocycles. The number of hydrogen-bond donors (Lipinski definition) is 0. The smallest absolute Gasteiger partial charge is 0.341 e. The van der Waals surface area contributed by atoms with Crippen LogP contribution in [0.5, 0.6) is 0 Å². The van der Waals surface area contributed by atoms with Crippen LogP contribution in [0.2, 0.25) is 5.02 Å². The molecule has 0 spiro atoms. The first-order valence-corrected chi connectivity index (χ1v) is 6.77. The average molecular weight is 293 g/mol. The summed E-state index contributed by atoms with van der Waals surface area (Å²) >= 11 is 6.13. The highest BCUT2D eigenvalue weighted by molar-refractivity contribution is 6.32. The Morgan fingerprint density at radius 1 is 1.40 bits per heavy atom. The van der Waals surface area contributed by atoms with Crippen molar-refractivity contribution in [3.63, 3.8) is 0 Å². The van der Waals surface area contributed by atoms with E-state index in [4.69, 9.17) is 16.3 Å². The van der Waals surface area contributed by atoms with Gasteiger partial charge in [0.15, 0.2) is 0 Å². The third-order valence-electron chi connectivity index (χ3n) is 3.14. The van der Waals surface area contributed by atoms with Crippen LogP contribution in [0.15, 0.2) is 18.3 Å². The minimum absolute atomic E-state index is 0.337. The largest absolute Gasteiger partial charge is 0.462 e. The lowest BCUT2D eigenvalue weighted by Gasteiger charge is -2.19. The number of halogens is 1. The van der Waals surface area contributed by atoms with Crippen molar-refractivity contribution in [2.45, 2.75) is 13.8 Å². The molecule has 0 N–H and O–H groups in total. The molecule has 2 rings (SSSR count). The maximum Gasteiger partial charge on any atom is 0.341 e. The number of rotatable bonds is 3. The van der Waals surface area contributed by atoms with E-state index in [0.717, 1.165) is 22.2 Å².